The molecule has 8 nitrogen and oxygen atoms in total. The Morgan fingerprint density at radius 3 is 2.38 bits per heavy atom. The summed E-state index contributed by atoms with van der Waals surface area (Å²) in [6.07, 6.45) is 0.526. The SMILES string of the molecule is COc1ccc(C2/C(=C(/O)c3ccc4c(c3)CC(C)O4)C(=O)C(=O)N2c2ccc(CC(=O)O)cc2)cc1. The number of anilines is 1. The summed E-state index contributed by atoms with van der Waals surface area (Å²) in [6, 6.07) is 17.7. The lowest BCUT2D eigenvalue weighted by Gasteiger charge is -2.25. The van der Waals surface area contributed by atoms with Crippen LogP contribution in [0, 0.1) is 0 Å². The number of fused-ring (bicyclic) bond motifs is 1. The lowest BCUT2D eigenvalue weighted by molar-refractivity contribution is -0.136. The average Bonchev–Trinajstić information content (AvgIpc) is 3.39. The van der Waals surface area contributed by atoms with E-state index in [0.717, 1.165) is 11.3 Å². The zero-order valence-corrected chi connectivity index (χ0v) is 20.3. The van der Waals surface area contributed by atoms with Crippen molar-refractivity contribution < 1.29 is 34.1 Å². The fraction of sp³-hybridized carbons (Fsp3) is 0.207. The predicted octanol–water partition coefficient (Wildman–Crippen LogP) is 4.27. The van der Waals surface area contributed by atoms with E-state index < -0.39 is 23.7 Å². The van der Waals surface area contributed by atoms with E-state index in [-0.39, 0.29) is 23.9 Å². The molecule has 8 heteroatoms. The predicted molar refractivity (Wildman–Crippen MR) is 136 cm³/mol. The Morgan fingerprint density at radius 2 is 1.73 bits per heavy atom. The van der Waals surface area contributed by atoms with Crippen LogP contribution in [0.3, 0.4) is 0 Å². The van der Waals surface area contributed by atoms with Gasteiger partial charge in [-0.2, -0.15) is 0 Å². The number of hydrogen-bond acceptors (Lipinski definition) is 6. The van der Waals surface area contributed by atoms with Crippen LogP contribution in [0.4, 0.5) is 5.69 Å². The van der Waals surface area contributed by atoms with Crippen LogP contribution in [0.15, 0.2) is 72.3 Å². The Labute approximate surface area is 213 Å². The van der Waals surface area contributed by atoms with Gasteiger partial charge in [0.2, 0.25) is 0 Å². The van der Waals surface area contributed by atoms with Gasteiger partial charge in [-0.1, -0.05) is 24.3 Å². The van der Waals surface area contributed by atoms with Crippen LogP contribution in [-0.2, 0) is 27.2 Å². The minimum absolute atomic E-state index is 0.0152. The molecule has 1 saturated heterocycles. The van der Waals surface area contributed by atoms with Gasteiger partial charge in [0.1, 0.15) is 23.4 Å². The number of methoxy groups -OCH3 is 1. The Balaban J connectivity index is 1.63. The maximum Gasteiger partial charge on any atom is 0.307 e. The summed E-state index contributed by atoms with van der Waals surface area (Å²) in [5.74, 6) is -1.50. The lowest BCUT2D eigenvalue weighted by atomic mass is 9.94. The molecule has 2 heterocycles. The van der Waals surface area contributed by atoms with Crippen LogP contribution in [0.2, 0.25) is 0 Å². The molecule has 2 aliphatic heterocycles. The monoisotopic (exact) mass is 499 g/mol. The van der Waals surface area contributed by atoms with Crippen molar-refractivity contribution in [2.75, 3.05) is 12.0 Å². The number of rotatable bonds is 6. The van der Waals surface area contributed by atoms with E-state index in [2.05, 4.69) is 0 Å². The molecule has 2 aliphatic rings. The number of aliphatic hydroxyl groups is 1. The highest BCUT2D eigenvalue weighted by atomic mass is 16.5. The molecule has 188 valence electrons. The first-order valence-electron chi connectivity index (χ1n) is 11.8. The zero-order valence-electron chi connectivity index (χ0n) is 20.3. The molecule has 1 fully saturated rings. The number of ketones is 1. The summed E-state index contributed by atoms with van der Waals surface area (Å²) >= 11 is 0. The average molecular weight is 500 g/mol. The third-order valence-electron chi connectivity index (χ3n) is 6.62. The molecule has 37 heavy (non-hydrogen) atoms. The van der Waals surface area contributed by atoms with Crippen molar-refractivity contribution in [1.82, 2.24) is 0 Å². The molecular formula is C29H25NO7. The molecule has 0 bridgehead atoms. The molecule has 2 atom stereocenters. The first kappa shape index (κ1) is 24.1. The highest BCUT2D eigenvalue weighted by Crippen LogP contribution is 2.43. The van der Waals surface area contributed by atoms with Gasteiger partial charge in [-0.05, 0) is 66.1 Å². The number of aliphatic hydroxyl groups excluding tert-OH is 1. The van der Waals surface area contributed by atoms with Crippen molar-refractivity contribution in [3.8, 4) is 11.5 Å². The fourth-order valence-electron chi connectivity index (χ4n) is 4.87. The number of carbonyl (C=O) groups is 3. The third-order valence-corrected chi connectivity index (χ3v) is 6.62. The molecule has 5 rings (SSSR count). The molecule has 0 aliphatic carbocycles. The molecule has 3 aromatic rings. The second-order valence-electron chi connectivity index (χ2n) is 9.13. The van der Waals surface area contributed by atoms with Crippen molar-refractivity contribution >= 4 is 29.1 Å². The first-order valence-corrected chi connectivity index (χ1v) is 11.8. The van der Waals surface area contributed by atoms with E-state index in [9.17, 15) is 19.5 Å². The molecule has 2 N–H and O–H groups in total. The molecular weight excluding hydrogens is 474 g/mol. The quantitative estimate of drug-likeness (QED) is 0.296. The maximum atomic E-state index is 13.4. The number of aliphatic carboxylic acids is 1. The van der Waals surface area contributed by atoms with Crippen molar-refractivity contribution in [3.05, 3.63) is 94.6 Å². The number of hydrogen-bond donors (Lipinski definition) is 2. The van der Waals surface area contributed by atoms with Gasteiger partial charge in [0, 0.05) is 17.7 Å². The minimum atomic E-state index is -0.972. The van der Waals surface area contributed by atoms with E-state index in [4.69, 9.17) is 14.6 Å². The number of ether oxygens (including phenoxy) is 2. The zero-order chi connectivity index (χ0) is 26.3. The van der Waals surface area contributed by atoms with Crippen LogP contribution in [0.25, 0.3) is 5.76 Å². The highest BCUT2D eigenvalue weighted by molar-refractivity contribution is 6.51. The van der Waals surface area contributed by atoms with Crippen molar-refractivity contribution in [2.24, 2.45) is 0 Å². The summed E-state index contributed by atoms with van der Waals surface area (Å²) in [6.45, 7) is 1.95. The van der Waals surface area contributed by atoms with Gasteiger partial charge < -0.3 is 19.7 Å². The number of carbonyl (C=O) groups excluding carboxylic acids is 2. The molecule has 2 unspecified atom stereocenters. The van der Waals surface area contributed by atoms with Crippen LogP contribution in [-0.4, -0.2) is 41.1 Å². The number of Topliss-reactive ketones (excluding diaryl/α,β-unsaturated/α-hetero) is 1. The number of nitrogens with zero attached hydrogens (tertiary/aromatic N) is 1. The largest absolute Gasteiger partial charge is 0.507 e. The van der Waals surface area contributed by atoms with Gasteiger partial charge in [-0.3, -0.25) is 19.3 Å². The van der Waals surface area contributed by atoms with E-state index >= 15 is 0 Å². The fourth-order valence-corrected chi connectivity index (χ4v) is 4.87. The lowest BCUT2D eigenvalue weighted by Crippen LogP contribution is -2.29. The Morgan fingerprint density at radius 1 is 1.03 bits per heavy atom. The molecule has 0 radical (unpaired) electrons. The van der Waals surface area contributed by atoms with Gasteiger partial charge in [-0.15, -0.1) is 0 Å². The standard InChI is InChI=1S/C29H25NO7/c1-16-13-20-15-19(7-12-23(20)37-16)27(33)25-26(18-5-10-22(36-2)11-6-18)30(29(35)28(25)34)21-8-3-17(4-9-21)14-24(31)32/h3-12,15-16,26,33H,13-14H2,1-2H3,(H,31,32)/b27-25-. The van der Waals surface area contributed by atoms with Crippen molar-refractivity contribution in [3.63, 3.8) is 0 Å². The molecule has 1 amide bonds. The topological polar surface area (TPSA) is 113 Å². The van der Waals surface area contributed by atoms with E-state index in [1.165, 1.54) is 12.0 Å². The smallest absolute Gasteiger partial charge is 0.307 e. The first-order chi connectivity index (χ1) is 17.8. The van der Waals surface area contributed by atoms with E-state index in [1.807, 2.05) is 6.92 Å². The Bertz CT molecular complexity index is 1420. The number of carboxylic acids is 1. The Hall–Kier alpha value is -4.59. The normalized spacial score (nSPS) is 20.0. The van der Waals surface area contributed by atoms with Gasteiger partial charge in [0.25, 0.3) is 11.7 Å². The van der Waals surface area contributed by atoms with Gasteiger partial charge in [-0.25, -0.2) is 0 Å². The molecule has 3 aromatic carbocycles. The van der Waals surface area contributed by atoms with Crippen LogP contribution >= 0.6 is 0 Å². The summed E-state index contributed by atoms with van der Waals surface area (Å²) in [5, 5.41) is 20.5. The molecule has 0 aromatic heterocycles. The summed E-state index contributed by atoms with van der Waals surface area (Å²) in [7, 11) is 1.54. The molecule has 0 spiro atoms. The molecule has 0 saturated carbocycles. The number of benzene rings is 3. The van der Waals surface area contributed by atoms with Crippen molar-refractivity contribution in [2.45, 2.75) is 31.9 Å². The number of carboxylic acid groups (broad SMARTS) is 1. The van der Waals surface area contributed by atoms with Crippen LogP contribution in [0.1, 0.15) is 35.2 Å². The highest BCUT2D eigenvalue weighted by Gasteiger charge is 2.47. The second kappa shape index (κ2) is 9.46. The van der Waals surface area contributed by atoms with E-state index in [1.54, 1.807) is 66.7 Å². The minimum Gasteiger partial charge on any atom is -0.507 e. The van der Waals surface area contributed by atoms with E-state index in [0.29, 0.717) is 34.5 Å². The third kappa shape index (κ3) is 4.42. The van der Waals surface area contributed by atoms with Crippen LogP contribution in [0.5, 0.6) is 11.5 Å². The number of amides is 1. The van der Waals surface area contributed by atoms with Gasteiger partial charge in [0.05, 0.1) is 25.1 Å². The summed E-state index contributed by atoms with van der Waals surface area (Å²) in [4.78, 5) is 39.1. The van der Waals surface area contributed by atoms with Crippen LogP contribution < -0.4 is 14.4 Å². The van der Waals surface area contributed by atoms with Gasteiger partial charge >= 0.3 is 5.97 Å². The summed E-state index contributed by atoms with van der Waals surface area (Å²) < 4.78 is 11.0. The van der Waals surface area contributed by atoms with Gasteiger partial charge in [0.15, 0.2) is 0 Å². The maximum absolute atomic E-state index is 13.4. The van der Waals surface area contributed by atoms with Crippen molar-refractivity contribution in [1.29, 1.82) is 0 Å². The Kier molecular flexibility index (Phi) is 6.17. The second-order valence-corrected chi connectivity index (χ2v) is 9.13. The summed E-state index contributed by atoms with van der Waals surface area (Å²) in [5.41, 5.74) is 2.88.